The van der Waals surface area contributed by atoms with Crippen molar-refractivity contribution in [3.8, 4) is 5.75 Å². The fourth-order valence-corrected chi connectivity index (χ4v) is 0.945. The molecule has 1 aromatic heterocycles. The van der Waals surface area contributed by atoms with Crippen LogP contribution in [0.1, 0.15) is 10.4 Å². The van der Waals surface area contributed by atoms with Crippen molar-refractivity contribution in [1.29, 1.82) is 0 Å². The molecule has 0 atom stereocenters. The number of aromatic nitrogens is 1. The topological polar surface area (TPSA) is 39.2 Å². The summed E-state index contributed by atoms with van der Waals surface area (Å²) in [5.74, 6) is -0.394. The molecule has 0 aromatic carbocycles. The molecule has 6 heteroatoms. The molecule has 0 saturated heterocycles. The smallest absolute Gasteiger partial charge is 0.387 e. The lowest BCUT2D eigenvalue weighted by atomic mass is 10.3. The van der Waals surface area contributed by atoms with Gasteiger partial charge in [0, 0.05) is 6.20 Å². The van der Waals surface area contributed by atoms with Crippen LogP contribution in [-0.4, -0.2) is 17.9 Å². The average molecular weight is 208 g/mol. The Morgan fingerprint density at radius 2 is 2.31 bits per heavy atom. The Balaban J connectivity index is 3.07. The van der Waals surface area contributed by atoms with Gasteiger partial charge in [-0.1, -0.05) is 11.6 Å². The maximum Gasteiger partial charge on any atom is 0.387 e. The third-order valence-corrected chi connectivity index (χ3v) is 1.49. The van der Waals surface area contributed by atoms with Crippen LogP contribution < -0.4 is 4.74 Å². The van der Waals surface area contributed by atoms with Crippen molar-refractivity contribution in [3.05, 3.63) is 23.0 Å². The number of ether oxygens (including phenoxy) is 1. The maximum atomic E-state index is 11.8. The standard InChI is InChI=1S/C7H4ClF2NO2/c8-6-5(13-7(9)10)4(3-12)1-2-11-6/h1-3,7H. The van der Waals surface area contributed by atoms with E-state index < -0.39 is 12.4 Å². The van der Waals surface area contributed by atoms with Crippen LogP contribution in [0, 0.1) is 0 Å². The average Bonchev–Trinajstić information content (AvgIpc) is 2.08. The highest BCUT2D eigenvalue weighted by molar-refractivity contribution is 6.31. The van der Waals surface area contributed by atoms with Gasteiger partial charge >= 0.3 is 6.61 Å². The summed E-state index contributed by atoms with van der Waals surface area (Å²) in [5, 5.41) is -0.259. The molecule has 0 spiro atoms. The number of aldehydes is 1. The molecule has 1 rings (SSSR count). The Hall–Kier alpha value is -1.23. The van der Waals surface area contributed by atoms with E-state index in [-0.39, 0.29) is 10.7 Å². The van der Waals surface area contributed by atoms with E-state index in [0.29, 0.717) is 6.29 Å². The summed E-state index contributed by atoms with van der Waals surface area (Å²) in [6, 6.07) is 1.23. The van der Waals surface area contributed by atoms with Crippen molar-refractivity contribution in [2.75, 3.05) is 0 Å². The largest absolute Gasteiger partial charge is 0.431 e. The van der Waals surface area contributed by atoms with Crippen molar-refractivity contribution < 1.29 is 18.3 Å². The summed E-state index contributed by atoms with van der Waals surface area (Å²) < 4.78 is 27.6. The first-order chi connectivity index (χ1) is 6.15. The van der Waals surface area contributed by atoms with E-state index in [1.165, 1.54) is 12.3 Å². The molecule has 0 aliphatic heterocycles. The van der Waals surface area contributed by atoms with Crippen LogP contribution in [0.5, 0.6) is 5.75 Å². The first-order valence-corrected chi connectivity index (χ1v) is 3.57. The zero-order valence-electron chi connectivity index (χ0n) is 6.21. The fraction of sp³-hybridized carbons (Fsp3) is 0.143. The number of carbonyl (C=O) groups is 1. The molecule has 0 bridgehead atoms. The molecule has 0 radical (unpaired) electrons. The summed E-state index contributed by atoms with van der Waals surface area (Å²) in [5.41, 5.74) is -0.0553. The lowest BCUT2D eigenvalue weighted by Crippen LogP contribution is -2.05. The molecule has 0 aliphatic rings. The molecular weight excluding hydrogens is 204 g/mol. The number of hydrogen-bond acceptors (Lipinski definition) is 3. The minimum absolute atomic E-state index is 0.0553. The monoisotopic (exact) mass is 207 g/mol. The van der Waals surface area contributed by atoms with Crippen molar-refractivity contribution in [2.24, 2.45) is 0 Å². The van der Waals surface area contributed by atoms with Gasteiger partial charge < -0.3 is 4.74 Å². The summed E-state index contributed by atoms with van der Waals surface area (Å²) in [4.78, 5) is 13.8. The van der Waals surface area contributed by atoms with Crippen molar-refractivity contribution in [2.45, 2.75) is 6.61 Å². The zero-order chi connectivity index (χ0) is 9.84. The van der Waals surface area contributed by atoms with E-state index in [1.54, 1.807) is 0 Å². The van der Waals surface area contributed by atoms with Gasteiger partial charge in [0.05, 0.1) is 5.56 Å². The van der Waals surface area contributed by atoms with Gasteiger partial charge in [0.25, 0.3) is 0 Å². The van der Waals surface area contributed by atoms with Crippen LogP contribution in [0.3, 0.4) is 0 Å². The van der Waals surface area contributed by atoms with E-state index in [1.807, 2.05) is 0 Å². The Morgan fingerprint density at radius 1 is 1.62 bits per heavy atom. The van der Waals surface area contributed by atoms with E-state index in [4.69, 9.17) is 11.6 Å². The zero-order valence-corrected chi connectivity index (χ0v) is 6.96. The Labute approximate surface area is 77.3 Å². The lowest BCUT2D eigenvalue weighted by Gasteiger charge is -2.06. The lowest BCUT2D eigenvalue weighted by molar-refractivity contribution is -0.0502. The molecular formula is C7H4ClF2NO2. The van der Waals surface area contributed by atoms with Gasteiger partial charge in [0.2, 0.25) is 0 Å². The number of halogens is 3. The third kappa shape index (κ3) is 2.35. The predicted molar refractivity (Wildman–Crippen MR) is 41.3 cm³/mol. The van der Waals surface area contributed by atoms with E-state index in [0.717, 1.165) is 0 Å². The quantitative estimate of drug-likeness (QED) is 0.563. The number of hydrogen-bond donors (Lipinski definition) is 0. The SMILES string of the molecule is O=Cc1ccnc(Cl)c1OC(F)F. The van der Waals surface area contributed by atoms with Crippen LogP contribution in [0.4, 0.5) is 8.78 Å². The first kappa shape index (κ1) is 9.85. The number of nitrogens with zero attached hydrogens (tertiary/aromatic N) is 1. The summed E-state index contributed by atoms with van der Waals surface area (Å²) >= 11 is 5.42. The van der Waals surface area contributed by atoms with E-state index in [9.17, 15) is 13.6 Å². The van der Waals surface area contributed by atoms with Crippen molar-refractivity contribution in [3.63, 3.8) is 0 Å². The highest BCUT2D eigenvalue weighted by Crippen LogP contribution is 2.26. The number of rotatable bonds is 3. The molecule has 1 heterocycles. The third-order valence-electron chi connectivity index (χ3n) is 1.23. The molecule has 0 unspecified atom stereocenters. The minimum atomic E-state index is -3.03. The van der Waals surface area contributed by atoms with Crippen molar-refractivity contribution >= 4 is 17.9 Å². The van der Waals surface area contributed by atoms with Gasteiger partial charge in [-0.3, -0.25) is 4.79 Å². The van der Waals surface area contributed by atoms with Crippen LogP contribution >= 0.6 is 11.6 Å². The number of alkyl halides is 2. The maximum absolute atomic E-state index is 11.8. The van der Waals surface area contributed by atoms with Crippen LogP contribution in [0.2, 0.25) is 5.15 Å². The Kier molecular flexibility index (Phi) is 3.13. The molecule has 70 valence electrons. The first-order valence-electron chi connectivity index (χ1n) is 3.19. The van der Waals surface area contributed by atoms with Crippen LogP contribution in [0.15, 0.2) is 12.3 Å². The molecule has 13 heavy (non-hydrogen) atoms. The normalized spacial score (nSPS) is 10.2. The predicted octanol–water partition coefficient (Wildman–Crippen LogP) is 2.15. The highest BCUT2D eigenvalue weighted by Gasteiger charge is 2.13. The van der Waals surface area contributed by atoms with Gasteiger partial charge in [0.15, 0.2) is 17.2 Å². The molecule has 0 N–H and O–H groups in total. The molecule has 1 aromatic rings. The summed E-state index contributed by atoms with van der Waals surface area (Å²) in [6.45, 7) is -3.03. The Bertz CT molecular complexity index is 319. The van der Waals surface area contributed by atoms with Gasteiger partial charge in [-0.2, -0.15) is 8.78 Å². The summed E-state index contributed by atoms with van der Waals surface area (Å²) in [6.07, 6.45) is 1.59. The molecule has 3 nitrogen and oxygen atoms in total. The molecule has 0 fully saturated rings. The highest BCUT2D eigenvalue weighted by atomic mass is 35.5. The van der Waals surface area contributed by atoms with E-state index in [2.05, 4.69) is 9.72 Å². The van der Waals surface area contributed by atoms with Gasteiger partial charge in [-0.25, -0.2) is 4.98 Å². The summed E-state index contributed by atoms with van der Waals surface area (Å²) in [7, 11) is 0. The van der Waals surface area contributed by atoms with Crippen LogP contribution in [0.25, 0.3) is 0 Å². The second-order valence-electron chi connectivity index (χ2n) is 2.02. The molecule has 0 amide bonds. The fourth-order valence-electron chi connectivity index (χ4n) is 0.735. The van der Waals surface area contributed by atoms with E-state index >= 15 is 0 Å². The van der Waals surface area contributed by atoms with Gasteiger partial charge in [-0.15, -0.1) is 0 Å². The molecule has 0 aliphatic carbocycles. The van der Waals surface area contributed by atoms with Gasteiger partial charge in [-0.05, 0) is 6.07 Å². The van der Waals surface area contributed by atoms with Crippen molar-refractivity contribution in [1.82, 2.24) is 4.98 Å². The Morgan fingerprint density at radius 3 is 2.85 bits per heavy atom. The second-order valence-corrected chi connectivity index (χ2v) is 2.37. The molecule has 0 saturated carbocycles. The van der Waals surface area contributed by atoms with Gasteiger partial charge in [0.1, 0.15) is 0 Å². The minimum Gasteiger partial charge on any atom is -0.431 e. The number of pyridine rings is 1. The number of carbonyl (C=O) groups excluding carboxylic acids is 1. The van der Waals surface area contributed by atoms with Crippen LogP contribution in [-0.2, 0) is 0 Å². The second kappa shape index (κ2) is 4.13.